The van der Waals surface area contributed by atoms with Gasteiger partial charge >= 0.3 is 7.82 Å². The maximum atomic E-state index is 14.2. The molecule has 3 fully saturated rings. The molecule has 5 atom stereocenters. The van der Waals surface area contributed by atoms with Crippen LogP contribution in [0.3, 0.4) is 0 Å². The molecule has 2 unspecified atom stereocenters. The third kappa shape index (κ3) is 10.2. The number of hydrogen-bond donors (Lipinski definition) is 4. The van der Waals surface area contributed by atoms with Crippen LogP contribution >= 0.6 is 19.2 Å². The van der Waals surface area contributed by atoms with Crippen LogP contribution in [0.2, 0.25) is 0 Å². The van der Waals surface area contributed by atoms with Gasteiger partial charge in [-0.3, -0.25) is 48.1 Å². The zero-order valence-corrected chi connectivity index (χ0v) is 46.8. The lowest BCUT2D eigenvalue weighted by Gasteiger charge is -2.48. The second-order valence-electron chi connectivity index (χ2n) is 22.0. The molecule has 1 aliphatic carbocycles. The van der Waals surface area contributed by atoms with Gasteiger partial charge in [-0.05, 0) is 145 Å². The quantitative estimate of drug-likeness (QED) is 0.0699. The molecule has 3 saturated heterocycles. The number of nitrogens with zero attached hydrogens (tertiary/aromatic N) is 9. The topological polar surface area (TPSA) is 252 Å². The van der Waals surface area contributed by atoms with E-state index < -0.39 is 49.3 Å². The first-order valence-corrected chi connectivity index (χ1v) is 29.4. The van der Waals surface area contributed by atoms with Gasteiger partial charge in [0, 0.05) is 91.4 Å². The highest BCUT2D eigenvalue weighted by atomic mass is 32.1. The number of anilines is 5. The standard InChI is InChI=1S/C56H65N10O11PS/c1-31-25-35(18-21-62(31)36-11-13-41-42(27-36)53(69)66(52(41)68)44-14-16-47(67)65(54(44)70)33(3)77-78(73,74)75)61-23-24-63(32(2)30-61)37-12-15-46(58-29-37)60-43-26-34(28-59-51(43)76-6)38-17-20-57-50(48(38)56(4,5)72)64-22-19-40-39-9-7-8-10-45(39)79-49(40)55(64)71/h11-13,15,17,20,26-29,31-33,35,44,72H,7-10,14,16,18-19,21-25,30H2,1-6H3,(H,58,60)(H2,73,74,75)/t31-,32-,33?,35?,44-/m0/s1. The number of nitrogens with one attached hydrogen (secondary N) is 1. The Hall–Kier alpha value is -6.65. The molecule has 0 bridgehead atoms. The molecule has 9 heterocycles. The molecule has 4 aromatic heterocycles. The fourth-order valence-corrected chi connectivity index (χ4v) is 14.6. The number of imide groups is 2. The third-order valence-electron chi connectivity index (χ3n) is 16.4. The van der Waals surface area contributed by atoms with Gasteiger partial charge in [-0.1, -0.05) is 0 Å². The Morgan fingerprint density at radius 1 is 0.797 bits per heavy atom. The largest absolute Gasteiger partial charge is 0.480 e. The fraction of sp³-hybridized carbons (Fsp3) is 0.464. The summed E-state index contributed by atoms with van der Waals surface area (Å²) in [7, 11) is -3.51. The average molecular weight is 1120 g/mol. The van der Waals surface area contributed by atoms with Gasteiger partial charge in [0.05, 0.1) is 40.6 Å². The van der Waals surface area contributed by atoms with Crippen LogP contribution < -0.4 is 24.8 Å². The lowest BCUT2D eigenvalue weighted by Crippen LogP contribution is -2.58. The van der Waals surface area contributed by atoms with Crippen molar-refractivity contribution in [1.82, 2.24) is 29.7 Å². The second-order valence-corrected chi connectivity index (χ2v) is 24.3. The molecule has 11 rings (SSSR count). The summed E-state index contributed by atoms with van der Waals surface area (Å²) in [5.74, 6) is -1.70. The summed E-state index contributed by atoms with van der Waals surface area (Å²) in [5, 5.41) is 15.2. The molecule has 0 saturated carbocycles. The van der Waals surface area contributed by atoms with Crippen molar-refractivity contribution in [3.63, 3.8) is 0 Å². The number of rotatable bonds is 13. The Morgan fingerprint density at radius 3 is 2.28 bits per heavy atom. The number of aryl methyl sites for hydroxylation is 1. The molecule has 416 valence electrons. The maximum Gasteiger partial charge on any atom is 0.471 e. The number of amides is 5. The normalized spacial score (nSPS) is 22.5. The Morgan fingerprint density at radius 2 is 1.56 bits per heavy atom. The van der Waals surface area contributed by atoms with E-state index in [2.05, 4.69) is 49.4 Å². The summed E-state index contributed by atoms with van der Waals surface area (Å²) in [5.41, 5.74) is 5.76. The van der Waals surface area contributed by atoms with Crippen molar-refractivity contribution in [3.8, 4) is 17.0 Å². The van der Waals surface area contributed by atoms with E-state index in [1.807, 2.05) is 30.5 Å². The number of methoxy groups -OCH3 is 1. The van der Waals surface area contributed by atoms with Crippen molar-refractivity contribution >= 4 is 77.4 Å². The molecule has 79 heavy (non-hydrogen) atoms. The molecule has 5 aliphatic heterocycles. The summed E-state index contributed by atoms with van der Waals surface area (Å²) < 4.78 is 21.8. The number of carbonyl (C=O) groups excluding carboxylic acids is 5. The number of aliphatic hydroxyl groups is 1. The number of ether oxygens (including phenoxy) is 1. The van der Waals surface area contributed by atoms with Crippen LogP contribution in [0.4, 0.5) is 28.7 Å². The van der Waals surface area contributed by atoms with Gasteiger partial charge in [0.2, 0.25) is 11.8 Å². The van der Waals surface area contributed by atoms with Crippen molar-refractivity contribution in [3.05, 3.63) is 98.6 Å². The van der Waals surface area contributed by atoms with Gasteiger partial charge in [-0.15, -0.1) is 11.3 Å². The van der Waals surface area contributed by atoms with E-state index >= 15 is 0 Å². The Labute approximate surface area is 461 Å². The minimum absolute atomic E-state index is 0.0712. The molecular weight excluding hydrogens is 1050 g/mol. The molecule has 1 aromatic carbocycles. The first-order chi connectivity index (χ1) is 37.7. The summed E-state index contributed by atoms with van der Waals surface area (Å²) >= 11 is 1.62. The molecule has 21 nitrogen and oxygen atoms in total. The highest BCUT2D eigenvalue weighted by molar-refractivity contribution is 7.46. The maximum absolute atomic E-state index is 14.2. The number of likely N-dealkylation sites (tertiary alicyclic amines) is 1. The van der Waals surface area contributed by atoms with E-state index in [-0.39, 0.29) is 42.0 Å². The Kier molecular flexibility index (Phi) is 14.5. The minimum Gasteiger partial charge on any atom is -0.480 e. The molecule has 23 heteroatoms. The highest BCUT2D eigenvalue weighted by Crippen LogP contribution is 2.45. The van der Waals surface area contributed by atoms with Crippen LogP contribution in [-0.4, -0.2) is 144 Å². The van der Waals surface area contributed by atoms with Crippen molar-refractivity contribution < 1.29 is 52.7 Å². The monoisotopic (exact) mass is 1120 g/mol. The van der Waals surface area contributed by atoms with Crippen LogP contribution in [0.25, 0.3) is 11.1 Å². The first-order valence-electron chi connectivity index (χ1n) is 27.0. The van der Waals surface area contributed by atoms with Gasteiger partial charge in [0.15, 0.2) is 0 Å². The number of pyridine rings is 3. The van der Waals surface area contributed by atoms with Gasteiger partial charge in [0.25, 0.3) is 23.6 Å². The molecule has 5 amide bonds. The fourth-order valence-electron chi connectivity index (χ4n) is 12.8. The van der Waals surface area contributed by atoms with Gasteiger partial charge < -0.3 is 34.7 Å². The predicted molar refractivity (Wildman–Crippen MR) is 296 cm³/mol. The molecule has 6 aliphatic rings. The minimum atomic E-state index is -5.07. The first kappa shape index (κ1) is 54.3. The number of piperazine rings is 1. The molecule has 5 aromatic rings. The predicted octanol–water partition coefficient (Wildman–Crippen LogP) is 6.80. The van der Waals surface area contributed by atoms with Crippen LogP contribution in [0.15, 0.2) is 61.1 Å². The van der Waals surface area contributed by atoms with Gasteiger partial charge in [0.1, 0.15) is 29.6 Å². The van der Waals surface area contributed by atoms with E-state index in [0.717, 1.165) is 92.7 Å². The molecule has 0 radical (unpaired) electrons. The van der Waals surface area contributed by atoms with E-state index in [1.165, 1.54) is 16.0 Å². The highest BCUT2D eigenvalue weighted by Gasteiger charge is 2.49. The molecule has 0 spiro atoms. The SMILES string of the molecule is COc1ncc(-c2ccnc(N3CCc4c(sc5c4CCCC5)C3=O)c2C(C)(C)O)cc1Nc1ccc(N2CCN(C3CCN(c4ccc5c(c4)C(=O)N([C@H]4CCC(=O)N(C(C)OP(=O)(O)O)C4=O)C5=O)[C@@H](C)C3)C[C@@H]2C)cn1. The van der Waals surface area contributed by atoms with E-state index in [4.69, 9.17) is 14.7 Å². The van der Waals surface area contributed by atoms with E-state index in [0.29, 0.717) is 63.9 Å². The third-order valence-corrected chi connectivity index (χ3v) is 18.3. The number of carbonyl (C=O) groups is 5. The Balaban J connectivity index is 0.725. The zero-order chi connectivity index (χ0) is 55.8. The van der Waals surface area contributed by atoms with Crippen molar-refractivity contribution in [2.75, 3.05) is 59.9 Å². The number of benzene rings is 1. The second kappa shape index (κ2) is 21.1. The average Bonchev–Trinajstić information content (AvgIpc) is 3.97. The number of fused-ring (bicyclic) bond motifs is 4. The summed E-state index contributed by atoms with van der Waals surface area (Å²) in [6, 6.07) is 12.1. The number of piperidine rings is 2. The summed E-state index contributed by atoms with van der Waals surface area (Å²) in [6.45, 7) is 12.6. The zero-order valence-electron chi connectivity index (χ0n) is 45.0. The van der Waals surface area contributed by atoms with E-state index in [9.17, 15) is 43.4 Å². The lowest BCUT2D eigenvalue weighted by atomic mass is 9.89. The van der Waals surface area contributed by atoms with Gasteiger partial charge in [-0.2, -0.15) is 0 Å². The summed E-state index contributed by atoms with van der Waals surface area (Å²) in [4.78, 5) is 113. The molecular formula is C56H65N10O11PS. The number of phosphoric acid groups is 1. The van der Waals surface area contributed by atoms with Crippen molar-refractivity contribution in [2.45, 2.75) is 128 Å². The van der Waals surface area contributed by atoms with E-state index in [1.54, 1.807) is 61.7 Å². The number of hydrogen-bond acceptors (Lipinski definition) is 17. The van der Waals surface area contributed by atoms with Crippen LogP contribution in [0.5, 0.6) is 5.88 Å². The van der Waals surface area contributed by atoms with Crippen LogP contribution in [-0.2, 0) is 43.5 Å². The van der Waals surface area contributed by atoms with Crippen LogP contribution in [0, 0.1) is 0 Å². The summed E-state index contributed by atoms with van der Waals surface area (Å²) in [6.07, 6.45) is 10.1. The Bertz CT molecular complexity index is 3330. The van der Waals surface area contributed by atoms with Gasteiger partial charge in [-0.25, -0.2) is 19.5 Å². The molecule has 4 N–H and O–H groups in total. The number of thiophene rings is 1. The lowest BCUT2D eigenvalue weighted by molar-refractivity contribution is -0.161. The van der Waals surface area contributed by atoms with Crippen molar-refractivity contribution in [1.29, 1.82) is 0 Å². The number of aromatic nitrogens is 3. The van der Waals surface area contributed by atoms with Crippen LogP contribution in [0.1, 0.15) is 125 Å². The van der Waals surface area contributed by atoms with Crippen molar-refractivity contribution in [2.24, 2.45) is 0 Å². The smallest absolute Gasteiger partial charge is 0.471 e. The number of phosphoric ester groups is 1.